The second-order valence-corrected chi connectivity index (χ2v) is 6.57. The van der Waals surface area contributed by atoms with Gasteiger partial charge < -0.3 is 4.74 Å². The molecule has 0 aliphatic carbocycles. The summed E-state index contributed by atoms with van der Waals surface area (Å²) in [5, 5.41) is 0. The Morgan fingerprint density at radius 2 is 1.87 bits per heavy atom. The van der Waals surface area contributed by atoms with E-state index in [9.17, 15) is 22.4 Å². The standard InChI is InChI=1S/C21H17F4N3O2/c1-14(20(29)26-28-10-9-27(2)13-28)11-15-3-8-18(19(22)12-15)16-4-6-17(7-5-16)30-21(23,24)25/h3-13H,1-2H3/p+1/b14-11+. The summed E-state index contributed by atoms with van der Waals surface area (Å²) in [5.74, 6) is -1.31. The Labute approximate surface area is 169 Å². The zero-order valence-corrected chi connectivity index (χ0v) is 16.1. The van der Waals surface area contributed by atoms with Crippen LogP contribution in [0, 0.1) is 5.82 Å². The summed E-state index contributed by atoms with van der Waals surface area (Å²) in [6, 6.07) is 9.28. The van der Waals surface area contributed by atoms with E-state index >= 15 is 0 Å². The van der Waals surface area contributed by atoms with Crippen LogP contribution in [0.25, 0.3) is 17.2 Å². The van der Waals surface area contributed by atoms with Crippen LogP contribution in [-0.4, -0.2) is 16.9 Å². The summed E-state index contributed by atoms with van der Waals surface area (Å²) in [6.45, 7) is 1.60. The monoisotopic (exact) mass is 420 g/mol. The third-order valence-corrected chi connectivity index (χ3v) is 4.13. The highest BCUT2D eigenvalue weighted by atomic mass is 19.4. The minimum absolute atomic E-state index is 0.215. The van der Waals surface area contributed by atoms with Crippen LogP contribution in [0.15, 0.2) is 66.8 Å². The third-order valence-electron chi connectivity index (χ3n) is 4.13. The fraction of sp³-hybridized carbons (Fsp3) is 0.143. The van der Waals surface area contributed by atoms with Crippen LogP contribution in [0.1, 0.15) is 12.5 Å². The molecule has 9 heteroatoms. The summed E-state index contributed by atoms with van der Waals surface area (Å²) >= 11 is 0. The van der Waals surface area contributed by atoms with Crippen molar-refractivity contribution in [2.24, 2.45) is 7.05 Å². The number of nitrogens with one attached hydrogen (secondary N) is 1. The maximum Gasteiger partial charge on any atom is 0.573 e. The number of nitrogens with zero attached hydrogens (tertiary/aromatic N) is 2. The van der Waals surface area contributed by atoms with Gasteiger partial charge in [-0.25, -0.2) is 8.96 Å². The van der Waals surface area contributed by atoms with Crippen molar-refractivity contribution in [3.05, 3.63) is 78.1 Å². The average molecular weight is 420 g/mol. The van der Waals surface area contributed by atoms with Crippen molar-refractivity contribution in [1.29, 1.82) is 0 Å². The molecule has 30 heavy (non-hydrogen) atoms. The molecule has 0 fully saturated rings. The van der Waals surface area contributed by atoms with Gasteiger partial charge in [-0.05, 0) is 42.3 Å². The normalized spacial score (nSPS) is 12.0. The molecule has 1 amide bonds. The van der Waals surface area contributed by atoms with Crippen LogP contribution < -0.4 is 14.7 Å². The minimum Gasteiger partial charge on any atom is -0.406 e. The number of rotatable bonds is 5. The van der Waals surface area contributed by atoms with Gasteiger partial charge >= 0.3 is 6.36 Å². The number of carbonyl (C=O) groups is 1. The number of carbonyl (C=O) groups excluding carboxylic acids is 1. The van der Waals surface area contributed by atoms with Gasteiger partial charge in [0.05, 0.1) is 7.05 Å². The average Bonchev–Trinajstić information content (AvgIpc) is 3.06. The van der Waals surface area contributed by atoms with Gasteiger partial charge in [0.15, 0.2) is 6.20 Å². The lowest BCUT2D eigenvalue weighted by Gasteiger charge is -2.10. The van der Waals surface area contributed by atoms with Gasteiger partial charge in [-0.15, -0.1) is 17.8 Å². The number of benzene rings is 2. The van der Waals surface area contributed by atoms with Gasteiger partial charge in [0.2, 0.25) is 0 Å². The SMILES string of the molecule is C/C(=C\c1ccc(-c2ccc(OC(F)(F)F)cc2)c(F)c1)C(=O)Nn1cc[n+](C)c1. The molecule has 1 heterocycles. The first-order valence-electron chi connectivity index (χ1n) is 8.79. The first-order chi connectivity index (χ1) is 14.1. The number of hydrogen-bond donors (Lipinski definition) is 1. The molecule has 0 spiro atoms. The van der Waals surface area contributed by atoms with E-state index in [1.807, 2.05) is 7.05 Å². The largest absolute Gasteiger partial charge is 0.573 e. The Bertz CT molecular complexity index is 1090. The number of imidazole rings is 1. The smallest absolute Gasteiger partial charge is 0.406 e. The van der Waals surface area contributed by atoms with Gasteiger partial charge in [0.25, 0.3) is 12.2 Å². The number of hydrogen-bond acceptors (Lipinski definition) is 2. The molecule has 3 rings (SSSR count). The van der Waals surface area contributed by atoms with Crippen molar-refractivity contribution >= 4 is 12.0 Å². The van der Waals surface area contributed by atoms with E-state index < -0.39 is 12.2 Å². The molecule has 0 aliphatic rings. The van der Waals surface area contributed by atoms with Gasteiger partial charge in [-0.1, -0.05) is 24.3 Å². The van der Waals surface area contributed by atoms with Crippen molar-refractivity contribution in [2.75, 3.05) is 5.43 Å². The summed E-state index contributed by atoms with van der Waals surface area (Å²) in [5.41, 5.74) is 4.11. The number of amides is 1. The molecule has 0 unspecified atom stereocenters. The first-order valence-corrected chi connectivity index (χ1v) is 8.79. The van der Waals surface area contributed by atoms with Gasteiger partial charge in [-0.3, -0.25) is 4.79 Å². The number of aryl methyl sites for hydroxylation is 1. The molecule has 5 nitrogen and oxygen atoms in total. The van der Waals surface area contributed by atoms with Crippen molar-refractivity contribution in [2.45, 2.75) is 13.3 Å². The summed E-state index contributed by atoms with van der Waals surface area (Å²) in [6.07, 6.45) is 1.85. The maximum absolute atomic E-state index is 14.6. The van der Waals surface area contributed by atoms with E-state index in [4.69, 9.17) is 0 Å². The molecule has 0 aliphatic heterocycles. The van der Waals surface area contributed by atoms with Gasteiger partial charge in [0, 0.05) is 11.1 Å². The highest BCUT2D eigenvalue weighted by Crippen LogP contribution is 2.28. The Morgan fingerprint density at radius 3 is 2.43 bits per heavy atom. The molecule has 0 saturated heterocycles. The highest BCUT2D eigenvalue weighted by molar-refractivity contribution is 6.02. The molecule has 0 saturated carbocycles. The van der Waals surface area contributed by atoms with Gasteiger partial charge in [0.1, 0.15) is 17.8 Å². The minimum atomic E-state index is -4.79. The summed E-state index contributed by atoms with van der Waals surface area (Å²) < 4.78 is 58.3. The molecule has 0 bridgehead atoms. The molecule has 156 valence electrons. The van der Waals surface area contributed by atoms with Crippen LogP contribution in [0.4, 0.5) is 17.6 Å². The van der Waals surface area contributed by atoms with E-state index in [2.05, 4.69) is 10.2 Å². The van der Waals surface area contributed by atoms with E-state index in [0.29, 0.717) is 16.7 Å². The zero-order chi connectivity index (χ0) is 21.9. The molecule has 3 aromatic rings. The van der Waals surface area contributed by atoms with E-state index in [1.165, 1.54) is 35.0 Å². The van der Waals surface area contributed by atoms with E-state index in [-0.39, 0.29) is 17.2 Å². The Kier molecular flexibility index (Phi) is 5.91. The fourth-order valence-corrected chi connectivity index (χ4v) is 2.73. The lowest BCUT2D eigenvalue weighted by molar-refractivity contribution is -0.670. The molecule has 2 aromatic carbocycles. The van der Waals surface area contributed by atoms with Crippen LogP contribution in [-0.2, 0) is 11.8 Å². The van der Waals surface area contributed by atoms with Crippen molar-refractivity contribution < 1.29 is 31.7 Å². The molecular formula is C21H18F4N3O2+. The first kappa shape index (κ1) is 21.1. The van der Waals surface area contributed by atoms with Crippen molar-refractivity contribution in [3.8, 4) is 16.9 Å². The van der Waals surface area contributed by atoms with Gasteiger partial charge in [-0.2, -0.15) is 5.43 Å². The molecule has 1 aromatic heterocycles. The quantitative estimate of drug-likeness (QED) is 0.382. The van der Waals surface area contributed by atoms with Crippen LogP contribution in [0.3, 0.4) is 0 Å². The molecule has 0 radical (unpaired) electrons. The molecule has 0 atom stereocenters. The fourth-order valence-electron chi connectivity index (χ4n) is 2.73. The molecular weight excluding hydrogens is 402 g/mol. The predicted octanol–water partition coefficient (Wildman–Crippen LogP) is 4.19. The second-order valence-electron chi connectivity index (χ2n) is 6.57. The summed E-state index contributed by atoms with van der Waals surface area (Å²) in [7, 11) is 1.81. The van der Waals surface area contributed by atoms with Crippen LogP contribution in [0.5, 0.6) is 5.75 Å². The van der Waals surface area contributed by atoms with E-state index in [0.717, 1.165) is 12.1 Å². The van der Waals surface area contributed by atoms with Crippen LogP contribution in [0.2, 0.25) is 0 Å². The lowest BCUT2D eigenvalue weighted by Crippen LogP contribution is -2.27. The molecule has 1 N–H and O–H groups in total. The topological polar surface area (TPSA) is 47.1 Å². The van der Waals surface area contributed by atoms with Crippen LogP contribution >= 0.6 is 0 Å². The predicted molar refractivity (Wildman–Crippen MR) is 102 cm³/mol. The lowest BCUT2D eigenvalue weighted by atomic mass is 10.0. The van der Waals surface area contributed by atoms with E-state index in [1.54, 1.807) is 36.3 Å². The summed E-state index contributed by atoms with van der Waals surface area (Å²) in [4.78, 5) is 12.2. The number of aromatic nitrogens is 2. The van der Waals surface area contributed by atoms with Crippen molar-refractivity contribution in [3.63, 3.8) is 0 Å². The number of halogens is 4. The van der Waals surface area contributed by atoms with Crippen molar-refractivity contribution in [1.82, 2.24) is 4.68 Å². The third kappa shape index (κ3) is 5.47. The highest BCUT2D eigenvalue weighted by Gasteiger charge is 2.31. The zero-order valence-electron chi connectivity index (χ0n) is 16.1. The number of ether oxygens (including phenoxy) is 1. The Balaban J connectivity index is 1.74. The maximum atomic E-state index is 14.6. The number of alkyl halides is 3. The second kappa shape index (κ2) is 8.40. The Hall–Kier alpha value is -3.62. The Morgan fingerprint density at radius 1 is 1.17 bits per heavy atom.